The summed E-state index contributed by atoms with van der Waals surface area (Å²) < 4.78 is 0. The number of carbonyl (C=O) groups is 1. The third-order valence-corrected chi connectivity index (χ3v) is 2.77. The van der Waals surface area contributed by atoms with Crippen molar-refractivity contribution in [2.45, 2.75) is 46.5 Å². The van der Waals surface area contributed by atoms with Crippen molar-refractivity contribution >= 4 is 5.78 Å². The highest BCUT2D eigenvalue weighted by Gasteiger charge is 2.21. The lowest BCUT2D eigenvalue weighted by atomic mass is 9.83. The maximum atomic E-state index is 11.7. The van der Waals surface area contributed by atoms with Gasteiger partial charge in [0, 0.05) is 12.0 Å². The van der Waals surface area contributed by atoms with Crippen molar-refractivity contribution in [1.82, 2.24) is 0 Å². The summed E-state index contributed by atoms with van der Waals surface area (Å²) in [5, 5.41) is 9.89. The molecule has 0 aromatic heterocycles. The minimum Gasteiger partial charge on any atom is -0.508 e. The largest absolute Gasteiger partial charge is 0.508 e. The van der Waals surface area contributed by atoms with E-state index in [-0.39, 0.29) is 16.9 Å². The number of Topliss-reactive ketones (excluding diaryl/α,β-unsaturated/α-hetero) is 1. The van der Waals surface area contributed by atoms with E-state index in [9.17, 15) is 9.90 Å². The first kappa shape index (κ1) is 12.8. The molecule has 0 saturated heterocycles. The lowest BCUT2D eigenvalue weighted by Crippen LogP contribution is -2.13. The highest BCUT2D eigenvalue weighted by molar-refractivity contribution is 5.97. The van der Waals surface area contributed by atoms with Crippen molar-refractivity contribution in [2.75, 3.05) is 0 Å². The normalized spacial score (nSPS) is 11.6. The van der Waals surface area contributed by atoms with Gasteiger partial charge in [-0.05, 0) is 35.6 Å². The van der Waals surface area contributed by atoms with E-state index in [2.05, 4.69) is 0 Å². The number of phenols is 1. The van der Waals surface area contributed by atoms with Gasteiger partial charge in [0.25, 0.3) is 0 Å². The van der Waals surface area contributed by atoms with E-state index < -0.39 is 0 Å². The molecule has 0 atom stereocenters. The molecule has 1 aromatic rings. The Morgan fingerprint density at radius 3 is 2.31 bits per heavy atom. The Morgan fingerprint density at radius 1 is 1.31 bits per heavy atom. The summed E-state index contributed by atoms with van der Waals surface area (Å²) in [6.07, 6.45) is 0.495. The van der Waals surface area contributed by atoms with Crippen LogP contribution in [0.3, 0.4) is 0 Å². The molecule has 0 aliphatic carbocycles. The minimum atomic E-state index is -0.152. The Morgan fingerprint density at radius 2 is 1.88 bits per heavy atom. The molecule has 0 heterocycles. The quantitative estimate of drug-likeness (QED) is 0.773. The molecule has 88 valence electrons. The number of aryl methyl sites for hydroxylation is 1. The Bertz CT molecular complexity index is 411. The zero-order valence-corrected chi connectivity index (χ0v) is 10.7. The predicted molar refractivity (Wildman–Crippen MR) is 66.2 cm³/mol. The fourth-order valence-electron chi connectivity index (χ4n) is 1.78. The van der Waals surface area contributed by atoms with E-state index in [1.165, 1.54) is 0 Å². The molecule has 0 aliphatic heterocycles. The lowest BCUT2D eigenvalue weighted by molar-refractivity contribution is 0.0987. The minimum absolute atomic E-state index is 0.128. The van der Waals surface area contributed by atoms with Crippen LogP contribution in [0, 0.1) is 6.92 Å². The number of hydrogen-bond donors (Lipinski definition) is 1. The first-order valence-electron chi connectivity index (χ1n) is 5.64. The Hall–Kier alpha value is -1.31. The summed E-state index contributed by atoms with van der Waals surface area (Å²) in [7, 11) is 0. The van der Waals surface area contributed by atoms with E-state index in [1.54, 1.807) is 6.07 Å². The Kier molecular flexibility index (Phi) is 3.41. The maximum absolute atomic E-state index is 11.7. The van der Waals surface area contributed by atoms with Crippen molar-refractivity contribution in [2.24, 2.45) is 0 Å². The fraction of sp³-hybridized carbons (Fsp3) is 0.500. The molecular weight excluding hydrogens is 200 g/mol. The predicted octanol–water partition coefficient (Wildman–Crippen LogP) is 3.59. The van der Waals surface area contributed by atoms with Gasteiger partial charge in [0.2, 0.25) is 0 Å². The third kappa shape index (κ3) is 2.43. The van der Waals surface area contributed by atoms with Crippen LogP contribution in [-0.4, -0.2) is 10.9 Å². The van der Waals surface area contributed by atoms with Gasteiger partial charge in [0.05, 0.1) is 0 Å². The maximum Gasteiger partial charge on any atom is 0.162 e. The van der Waals surface area contributed by atoms with Crippen LogP contribution >= 0.6 is 0 Å². The van der Waals surface area contributed by atoms with E-state index in [0.29, 0.717) is 6.42 Å². The molecule has 0 bridgehead atoms. The molecule has 1 rings (SSSR count). The van der Waals surface area contributed by atoms with E-state index in [4.69, 9.17) is 0 Å². The van der Waals surface area contributed by atoms with Gasteiger partial charge in [0.1, 0.15) is 5.75 Å². The zero-order chi connectivity index (χ0) is 12.5. The second-order valence-electron chi connectivity index (χ2n) is 5.21. The molecule has 0 aliphatic rings. The summed E-state index contributed by atoms with van der Waals surface area (Å²) in [5.74, 6) is 0.403. The number of benzene rings is 1. The fourth-order valence-corrected chi connectivity index (χ4v) is 1.78. The summed E-state index contributed by atoms with van der Waals surface area (Å²) >= 11 is 0. The first-order chi connectivity index (χ1) is 7.27. The monoisotopic (exact) mass is 220 g/mol. The van der Waals surface area contributed by atoms with Crippen molar-refractivity contribution in [3.05, 3.63) is 28.8 Å². The molecule has 0 unspecified atom stereocenters. The lowest BCUT2D eigenvalue weighted by Gasteiger charge is -2.22. The van der Waals surface area contributed by atoms with E-state index in [1.807, 2.05) is 40.7 Å². The van der Waals surface area contributed by atoms with Gasteiger partial charge in [-0.25, -0.2) is 0 Å². The molecule has 1 aromatic carbocycles. The molecule has 0 fully saturated rings. The van der Waals surface area contributed by atoms with Crippen LogP contribution in [0.4, 0.5) is 0 Å². The van der Waals surface area contributed by atoms with Gasteiger partial charge < -0.3 is 5.11 Å². The first-order valence-corrected chi connectivity index (χ1v) is 5.64. The Balaban J connectivity index is 3.39. The van der Waals surface area contributed by atoms with Crippen molar-refractivity contribution in [1.29, 1.82) is 0 Å². The van der Waals surface area contributed by atoms with Crippen molar-refractivity contribution in [3.63, 3.8) is 0 Å². The molecule has 2 heteroatoms. The second kappa shape index (κ2) is 4.28. The van der Waals surface area contributed by atoms with Gasteiger partial charge in [-0.3, -0.25) is 4.79 Å². The van der Waals surface area contributed by atoms with Gasteiger partial charge in [-0.1, -0.05) is 27.7 Å². The highest BCUT2D eigenvalue weighted by atomic mass is 16.3. The summed E-state index contributed by atoms with van der Waals surface area (Å²) in [6, 6.07) is 3.51. The summed E-state index contributed by atoms with van der Waals surface area (Å²) in [6.45, 7) is 9.78. The standard InChI is InChI=1S/C14H20O2/c1-6-12(15)10-8-11(14(3,4)5)13(16)7-9(10)2/h7-8,16H,6H2,1-5H3. The Labute approximate surface area is 97.3 Å². The van der Waals surface area contributed by atoms with Gasteiger partial charge >= 0.3 is 0 Å². The number of hydrogen-bond acceptors (Lipinski definition) is 2. The van der Waals surface area contributed by atoms with Crippen LogP contribution in [0.15, 0.2) is 12.1 Å². The van der Waals surface area contributed by atoms with Crippen LogP contribution in [0.2, 0.25) is 0 Å². The molecule has 0 radical (unpaired) electrons. The van der Waals surface area contributed by atoms with Crippen LogP contribution in [0.1, 0.15) is 55.6 Å². The number of aromatic hydroxyl groups is 1. The van der Waals surface area contributed by atoms with E-state index in [0.717, 1.165) is 16.7 Å². The molecule has 0 amide bonds. The summed E-state index contributed by atoms with van der Waals surface area (Å²) in [5.41, 5.74) is 2.25. The van der Waals surface area contributed by atoms with E-state index >= 15 is 0 Å². The molecule has 0 saturated carbocycles. The van der Waals surface area contributed by atoms with Gasteiger partial charge in [-0.15, -0.1) is 0 Å². The molecule has 1 N–H and O–H groups in total. The van der Waals surface area contributed by atoms with Crippen molar-refractivity contribution in [3.8, 4) is 5.75 Å². The van der Waals surface area contributed by atoms with Crippen LogP contribution in [-0.2, 0) is 5.41 Å². The average molecular weight is 220 g/mol. The van der Waals surface area contributed by atoms with Crippen molar-refractivity contribution < 1.29 is 9.90 Å². The number of carbonyl (C=O) groups excluding carboxylic acids is 1. The topological polar surface area (TPSA) is 37.3 Å². The SMILES string of the molecule is CCC(=O)c1cc(C(C)(C)C)c(O)cc1C. The average Bonchev–Trinajstić information content (AvgIpc) is 2.14. The molecular formula is C14H20O2. The third-order valence-electron chi connectivity index (χ3n) is 2.77. The molecule has 0 spiro atoms. The van der Waals surface area contributed by atoms with Crippen LogP contribution in [0.5, 0.6) is 5.75 Å². The van der Waals surface area contributed by atoms with Gasteiger partial charge in [-0.2, -0.15) is 0 Å². The number of phenolic OH excluding ortho intramolecular Hbond substituents is 1. The smallest absolute Gasteiger partial charge is 0.162 e. The molecule has 16 heavy (non-hydrogen) atoms. The second-order valence-corrected chi connectivity index (χ2v) is 5.21. The van der Waals surface area contributed by atoms with Crippen LogP contribution in [0.25, 0.3) is 0 Å². The highest BCUT2D eigenvalue weighted by Crippen LogP contribution is 2.33. The molecule has 2 nitrogen and oxygen atoms in total. The van der Waals surface area contributed by atoms with Crippen LogP contribution < -0.4 is 0 Å². The number of ketones is 1. The zero-order valence-electron chi connectivity index (χ0n) is 10.7. The van der Waals surface area contributed by atoms with Gasteiger partial charge in [0.15, 0.2) is 5.78 Å². The summed E-state index contributed by atoms with van der Waals surface area (Å²) in [4.78, 5) is 11.7. The number of rotatable bonds is 2.